The summed E-state index contributed by atoms with van der Waals surface area (Å²) in [6.07, 6.45) is 7.19. The predicted octanol–water partition coefficient (Wildman–Crippen LogP) is 1.32. The summed E-state index contributed by atoms with van der Waals surface area (Å²) in [5.74, 6) is 0.815. The molecule has 1 aliphatic rings. The fourth-order valence-corrected chi connectivity index (χ4v) is 3.58. The average Bonchev–Trinajstić information content (AvgIpc) is 2.96. The van der Waals surface area contributed by atoms with E-state index in [4.69, 9.17) is 5.11 Å². The van der Waals surface area contributed by atoms with Crippen LogP contribution in [0.3, 0.4) is 0 Å². The van der Waals surface area contributed by atoms with Gasteiger partial charge in [-0.1, -0.05) is 0 Å². The first kappa shape index (κ1) is 18.6. The lowest BCUT2D eigenvalue weighted by Crippen LogP contribution is -2.28. The van der Waals surface area contributed by atoms with E-state index in [9.17, 15) is 9.59 Å². The minimum absolute atomic E-state index is 0.120. The second-order valence-electron chi connectivity index (χ2n) is 7.09. The lowest BCUT2D eigenvalue weighted by atomic mass is 9.93. The van der Waals surface area contributed by atoms with Gasteiger partial charge in [0.25, 0.3) is 5.56 Å². The Morgan fingerprint density at radius 2 is 2.12 bits per heavy atom. The summed E-state index contributed by atoms with van der Waals surface area (Å²) in [7, 11) is 1.91. The molecule has 142 valence electrons. The molecule has 0 saturated carbocycles. The van der Waals surface area contributed by atoms with Crippen molar-refractivity contribution < 1.29 is 9.90 Å². The molecule has 0 amide bonds. The summed E-state index contributed by atoms with van der Waals surface area (Å²) in [5, 5.41) is 12.1. The molecule has 0 aromatic carbocycles. The summed E-state index contributed by atoms with van der Waals surface area (Å²) < 4.78 is 3.46. The number of carboxylic acid groups (broad SMARTS) is 1. The van der Waals surface area contributed by atoms with Crippen molar-refractivity contribution in [2.75, 3.05) is 13.1 Å². The monoisotopic (exact) mass is 361 g/mol. The normalized spacial score (nSPS) is 15.6. The van der Waals surface area contributed by atoms with Gasteiger partial charge < -0.3 is 15.0 Å². The number of rotatable bonds is 8. The van der Waals surface area contributed by atoms with Crippen LogP contribution in [0.25, 0.3) is 11.2 Å². The summed E-state index contributed by atoms with van der Waals surface area (Å²) in [4.78, 5) is 32.2. The zero-order chi connectivity index (χ0) is 18.5. The quantitative estimate of drug-likeness (QED) is 0.688. The predicted molar refractivity (Wildman–Crippen MR) is 98.2 cm³/mol. The highest BCUT2D eigenvalue weighted by atomic mass is 16.4. The maximum atomic E-state index is 12.7. The largest absolute Gasteiger partial charge is 0.481 e. The molecular weight excluding hydrogens is 334 g/mol. The van der Waals surface area contributed by atoms with E-state index in [1.165, 1.54) is 17.4 Å². The van der Waals surface area contributed by atoms with Gasteiger partial charge in [0, 0.05) is 26.4 Å². The van der Waals surface area contributed by atoms with Gasteiger partial charge in [-0.05, 0) is 51.1 Å². The third-order valence-corrected chi connectivity index (χ3v) is 5.21. The number of nitrogens with zero attached hydrogens (tertiary/aromatic N) is 4. The van der Waals surface area contributed by atoms with Crippen molar-refractivity contribution in [3.8, 4) is 0 Å². The topological polar surface area (TPSA) is 102 Å². The number of aliphatic carboxylic acids is 1. The second kappa shape index (κ2) is 8.44. The molecular formula is C18H27N5O3. The summed E-state index contributed by atoms with van der Waals surface area (Å²) in [6, 6.07) is 0. The van der Waals surface area contributed by atoms with Gasteiger partial charge in [-0.15, -0.1) is 0 Å². The van der Waals surface area contributed by atoms with E-state index < -0.39 is 5.97 Å². The van der Waals surface area contributed by atoms with Crippen LogP contribution in [-0.2, 0) is 24.8 Å². The SMILES string of the molecule is Cn1c(CCC2CCNCC2)nc2c(=O)n(CCCCC(=O)O)cnc21. The highest BCUT2D eigenvalue weighted by molar-refractivity contribution is 5.70. The van der Waals surface area contributed by atoms with Crippen LogP contribution in [0.4, 0.5) is 0 Å². The molecule has 1 fully saturated rings. The van der Waals surface area contributed by atoms with E-state index in [2.05, 4.69) is 15.3 Å². The van der Waals surface area contributed by atoms with Crippen molar-refractivity contribution in [3.05, 3.63) is 22.5 Å². The molecule has 2 aromatic rings. The molecule has 0 unspecified atom stereocenters. The smallest absolute Gasteiger partial charge is 0.303 e. The molecule has 1 saturated heterocycles. The van der Waals surface area contributed by atoms with Crippen LogP contribution in [0, 0.1) is 5.92 Å². The molecule has 0 spiro atoms. The zero-order valence-corrected chi connectivity index (χ0v) is 15.3. The van der Waals surface area contributed by atoms with Crippen LogP contribution in [0.15, 0.2) is 11.1 Å². The number of carbonyl (C=O) groups is 1. The van der Waals surface area contributed by atoms with Crippen molar-refractivity contribution in [3.63, 3.8) is 0 Å². The number of carboxylic acids is 1. The van der Waals surface area contributed by atoms with E-state index in [-0.39, 0.29) is 12.0 Å². The molecule has 2 N–H and O–H groups in total. The number of fused-ring (bicyclic) bond motifs is 1. The molecule has 0 radical (unpaired) electrons. The van der Waals surface area contributed by atoms with Gasteiger partial charge in [-0.3, -0.25) is 14.2 Å². The van der Waals surface area contributed by atoms with Crippen molar-refractivity contribution in [2.45, 2.75) is 51.5 Å². The van der Waals surface area contributed by atoms with Crippen molar-refractivity contribution in [1.29, 1.82) is 0 Å². The molecule has 8 heteroatoms. The Kier molecular flexibility index (Phi) is 6.03. The average molecular weight is 361 g/mol. The van der Waals surface area contributed by atoms with Crippen molar-refractivity contribution in [2.24, 2.45) is 13.0 Å². The Hall–Kier alpha value is -2.22. The van der Waals surface area contributed by atoms with Gasteiger partial charge >= 0.3 is 5.97 Å². The first-order valence-corrected chi connectivity index (χ1v) is 9.39. The van der Waals surface area contributed by atoms with Crippen LogP contribution in [0.2, 0.25) is 0 Å². The third-order valence-electron chi connectivity index (χ3n) is 5.21. The zero-order valence-electron chi connectivity index (χ0n) is 15.3. The molecule has 3 heterocycles. The van der Waals surface area contributed by atoms with Crippen LogP contribution in [0.1, 0.15) is 44.3 Å². The number of aromatic nitrogens is 4. The maximum Gasteiger partial charge on any atom is 0.303 e. The summed E-state index contributed by atoms with van der Waals surface area (Å²) >= 11 is 0. The number of nitrogens with one attached hydrogen (secondary N) is 1. The van der Waals surface area contributed by atoms with Crippen LogP contribution < -0.4 is 10.9 Å². The molecule has 0 aliphatic carbocycles. The number of imidazole rings is 1. The molecule has 26 heavy (non-hydrogen) atoms. The van der Waals surface area contributed by atoms with Crippen LogP contribution >= 0.6 is 0 Å². The number of piperidine rings is 1. The molecule has 3 rings (SSSR count). The van der Waals surface area contributed by atoms with E-state index in [0.717, 1.165) is 37.7 Å². The van der Waals surface area contributed by atoms with Gasteiger partial charge in [0.2, 0.25) is 0 Å². The standard InChI is InChI=1S/C18H27N5O3/c1-22-14(6-5-13-7-9-19-10-8-13)21-16-17(22)20-12-23(18(16)26)11-3-2-4-15(24)25/h12-13,19H,2-11H2,1H3,(H,24,25). The number of aryl methyl sites for hydroxylation is 3. The van der Waals surface area contributed by atoms with Crippen LogP contribution in [0.5, 0.6) is 0 Å². The van der Waals surface area contributed by atoms with Gasteiger partial charge in [-0.25, -0.2) is 9.97 Å². The van der Waals surface area contributed by atoms with E-state index >= 15 is 0 Å². The molecule has 0 bridgehead atoms. The van der Waals surface area contributed by atoms with Gasteiger partial charge in [0.05, 0.1) is 0 Å². The summed E-state index contributed by atoms with van der Waals surface area (Å²) in [6.45, 7) is 2.64. The molecule has 0 atom stereocenters. The number of unbranched alkanes of at least 4 members (excludes halogenated alkanes) is 1. The van der Waals surface area contributed by atoms with E-state index in [1.54, 1.807) is 6.33 Å². The lowest BCUT2D eigenvalue weighted by molar-refractivity contribution is -0.137. The molecule has 1 aliphatic heterocycles. The Balaban J connectivity index is 1.69. The van der Waals surface area contributed by atoms with Crippen LogP contribution in [-0.4, -0.2) is 43.3 Å². The van der Waals surface area contributed by atoms with Gasteiger partial charge in [0.1, 0.15) is 12.2 Å². The van der Waals surface area contributed by atoms with Crippen molar-refractivity contribution >= 4 is 17.1 Å². The van der Waals surface area contributed by atoms with Crippen molar-refractivity contribution in [1.82, 2.24) is 24.4 Å². The Morgan fingerprint density at radius 1 is 1.35 bits per heavy atom. The fraction of sp³-hybridized carbons (Fsp3) is 0.667. The third kappa shape index (κ3) is 4.30. The molecule has 8 nitrogen and oxygen atoms in total. The van der Waals surface area contributed by atoms with Gasteiger partial charge in [0.15, 0.2) is 11.2 Å². The maximum absolute atomic E-state index is 12.7. The first-order valence-electron chi connectivity index (χ1n) is 9.39. The Labute approximate surface area is 152 Å². The first-order chi connectivity index (χ1) is 12.6. The minimum Gasteiger partial charge on any atom is -0.481 e. The highest BCUT2D eigenvalue weighted by Crippen LogP contribution is 2.19. The van der Waals surface area contributed by atoms with E-state index in [0.29, 0.717) is 30.6 Å². The number of hydrogen-bond donors (Lipinski definition) is 2. The van der Waals surface area contributed by atoms with E-state index in [1.807, 2.05) is 11.6 Å². The lowest BCUT2D eigenvalue weighted by Gasteiger charge is -2.22. The Morgan fingerprint density at radius 3 is 2.85 bits per heavy atom. The fourth-order valence-electron chi connectivity index (χ4n) is 3.58. The highest BCUT2D eigenvalue weighted by Gasteiger charge is 2.17. The second-order valence-corrected chi connectivity index (χ2v) is 7.09. The number of hydrogen-bond acceptors (Lipinski definition) is 5. The summed E-state index contributed by atoms with van der Waals surface area (Å²) in [5.41, 5.74) is 0.889. The minimum atomic E-state index is -0.811. The Bertz CT molecular complexity index is 820. The molecule has 2 aromatic heterocycles. The van der Waals surface area contributed by atoms with Gasteiger partial charge in [-0.2, -0.15) is 0 Å².